The summed E-state index contributed by atoms with van der Waals surface area (Å²) in [5.41, 5.74) is 0.891. The average molecular weight is 363 g/mol. The Morgan fingerprint density at radius 1 is 1.20 bits per heavy atom. The van der Waals surface area contributed by atoms with Crippen molar-refractivity contribution in [1.29, 1.82) is 0 Å². The molecule has 0 radical (unpaired) electrons. The van der Waals surface area contributed by atoms with E-state index in [9.17, 15) is 17.6 Å². The predicted octanol–water partition coefficient (Wildman–Crippen LogP) is 2.97. The van der Waals surface area contributed by atoms with Gasteiger partial charge in [-0.1, -0.05) is 18.2 Å². The first kappa shape index (κ1) is 17.6. The predicted molar refractivity (Wildman–Crippen MR) is 89.9 cm³/mol. The normalized spacial score (nSPS) is 14.5. The Hall–Kier alpha value is -2.25. The van der Waals surface area contributed by atoms with E-state index in [-0.39, 0.29) is 28.9 Å². The van der Waals surface area contributed by atoms with E-state index < -0.39 is 16.0 Å². The maximum absolute atomic E-state index is 13.1. The number of carbonyl (C=O) groups is 1. The highest BCUT2D eigenvalue weighted by Crippen LogP contribution is 2.33. The third-order valence-corrected chi connectivity index (χ3v) is 5.96. The fourth-order valence-corrected chi connectivity index (χ4v) is 4.30. The van der Waals surface area contributed by atoms with Gasteiger partial charge in [0.15, 0.2) is 0 Å². The highest BCUT2D eigenvalue weighted by atomic mass is 32.2. The van der Waals surface area contributed by atoms with Crippen LogP contribution < -0.4 is 0 Å². The SMILES string of the molecule is COC(=O)c1cccc(S(=O)(=O)N(Cc2ccc(F)cc2)C2CC2)c1. The molecule has 0 amide bonds. The van der Waals surface area contributed by atoms with E-state index in [1.165, 1.54) is 47.8 Å². The van der Waals surface area contributed by atoms with E-state index in [0.717, 1.165) is 12.8 Å². The molecule has 5 nitrogen and oxygen atoms in total. The second-order valence-corrected chi connectivity index (χ2v) is 7.82. The maximum Gasteiger partial charge on any atom is 0.337 e. The third-order valence-electron chi connectivity index (χ3n) is 4.07. The van der Waals surface area contributed by atoms with Gasteiger partial charge in [0.1, 0.15) is 5.82 Å². The minimum atomic E-state index is -3.78. The fraction of sp³-hybridized carbons (Fsp3) is 0.278. The van der Waals surface area contributed by atoms with Crippen molar-refractivity contribution in [2.45, 2.75) is 30.3 Å². The Balaban J connectivity index is 1.92. The summed E-state index contributed by atoms with van der Waals surface area (Å²) in [5.74, 6) is -0.955. The lowest BCUT2D eigenvalue weighted by atomic mass is 10.2. The van der Waals surface area contributed by atoms with Gasteiger partial charge in [0.25, 0.3) is 0 Å². The van der Waals surface area contributed by atoms with Crippen molar-refractivity contribution < 1.29 is 22.3 Å². The number of sulfonamides is 1. The van der Waals surface area contributed by atoms with Crippen LogP contribution in [-0.2, 0) is 21.3 Å². The molecule has 1 aliphatic rings. The molecule has 0 atom stereocenters. The molecular weight excluding hydrogens is 345 g/mol. The fourth-order valence-electron chi connectivity index (χ4n) is 2.58. The molecule has 3 rings (SSSR count). The van der Waals surface area contributed by atoms with Crippen LogP contribution >= 0.6 is 0 Å². The van der Waals surface area contributed by atoms with E-state index in [1.54, 1.807) is 12.1 Å². The maximum atomic E-state index is 13.1. The van der Waals surface area contributed by atoms with Gasteiger partial charge >= 0.3 is 5.97 Å². The van der Waals surface area contributed by atoms with Crippen molar-refractivity contribution >= 4 is 16.0 Å². The molecule has 0 saturated heterocycles. The molecule has 1 saturated carbocycles. The molecule has 0 spiro atoms. The molecule has 0 unspecified atom stereocenters. The molecule has 0 heterocycles. The summed E-state index contributed by atoms with van der Waals surface area (Å²) in [7, 11) is -2.53. The van der Waals surface area contributed by atoms with Gasteiger partial charge in [0, 0.05) is 12.6 Å². The van der Waals surface area contributed by atoms with Gasteiger partial charge in [-0.15, -0.1) is 0 Å². The molecule has 132 valence electrons. The number of rotatable bonds is 6. The van der Waals surface area contributed by atoms with Crippen molar-refractivity contribution in [3.63, 3.8) is 0 Å². The summed E-state index contributed by atoms with van der Waals surface area (Å²) < 4.78 is 45.2. The molecule has 1 aliphatic carbocycles. The molecule has 0 N–H and O–H groups in total. The Labute approximate surface area is 146 Å². The number of hydrogen-bond acceptors (Lipinski definition) is 4. The summed E-state index contributed by atoms with van der Waals surface area (Å²) in [6.07, 6.45) is 1.58. The molecule has 0 aliphatic heterocycles. The Morgan fingerprint density at radius 2 is 1.88 bits per heavy atom. The van der Waals surface area contributed by atoms with Crippen LogP contribution in [0.15, 0.2) is 53.4 Å². The molecule has 1 fully saturated rings. The first-order valence-electron chi connectivity index (χ1n) is 7.86. The molecule has 0 bridgehead atoms. The van der Waals surface area contributed by atoms with Crippen LogP contribution in [0.3, 0.4) is 0 Å². The van der Waals surface area contributed by atoms with Crippen LogP contribution in [0.1, 0.15) is 28.8 Å². The third kappa shape index (κ3) is 3.88. The van der Waals surface area contributed by atoms with Crippen molar-refractivity contribution in [2.24, 2.45) is 0 Å². The summed E-state index contributed by atoms with van der Waals surface area (Å²) in [6, 6.07) is 11.5. The van der Waals surface area contributed by atoms with E-state index in [0.29, 0.717) is 5.56 Å². The van der Waals surface area contributed by atoms with Gasteiger partial charge in [0.05, 0.1) is 17.6 Å². The van der Waals surface area contributed by atoms with E-state index in [4.69, 9.17) is 0 Å². The smallest absolute Gasteiger partial charge is 0.337 e. The lowest BCUT2D eigenvalue weighted by Crippen LogP contribution is -2.32. The molecule has 25 heavy (non-hydrogen) atoms. The molecular formula is C18H18FNO4S. The molecule has 7 heteroatoms. The van der Waals surface area contributed by atoms with Crippen molar-refractivity contribution in [3.05, 3.63) is 65.5 Å². The number of ether oxygens (including phenoxy) is 1. The lowest BCUT2D eigenvalue weighted by molar-refractivity contribution is 0.0600. The largest absolute Gasteiger partial charge is 0.465 e. The summed E-state index contributed by atoms with van der Waals surface area (Å²) >= 11 is 0. The van der Waals surface area contributed by atoms with Gasteiger partial charge in [-0.3, -0.25) is 0 Å². The van der Waals surface area contributed by atoms with Gasteiger partial charge in [-0.2, -0.15) is 4.31 Å². The monoisotopic (exact) mass is 363 g/mol. The van der Waals surface area contributed by atoms with Crippen molar-refractivity contribution in [1.82, 2.24) is 4.31 Å². The van der Waals surface area contributed by atoms with Crippen LogP contribution in [0.5, 0.6) is 0 Å². The van der Waals surface area contributed by atoms with Crippen LogP contribution in [0.2, 0.25) is 0 Å². The zero-order valence-electron chi connectivity index (χ0n) is 13.7. The first-order valence-corrected chi connectivity index (χ1v) is 9.30. The first-order chi connectivity index (χ1) is 11.9. The van der Waals surface area contributed by atoms with Crippen LogP contribution in [-0.4, -0.2) is 31.8 Å². The zero-order valence-corrected chi connectivity index (χ0v) is 14.5. The standard InChI is InChI=1S/C18H18FNO4S/c1-24-18(21)14-3-2-4-17(11-14)25(22,23)20(16-9-10-16)12-13-5-7-15(19)8-6-13/h2-8,11,16H,9-10,12H2,1H3. The Bertz CT molecular complexity index is 876. The topological polar surface area (TPSA) is 63.7 Å². The number of halogens is 1. The highest BCUT2D eigenvalue weighted by Gasteiger charge is 2.38. The number of esters is 1. The van der Waals surface area contributed by atoms with Gasteiger partial charge in [-0.25, -0.2) is 17.6 Å². The number of carbonyl (C=O) groups excluding carboxylic acids is 1. The quantitative estimate of drug-likeness (QED) is 0.740. The van der Waals surface area contributed by atoms with Gasteiger partial charge in [0.2, 0.25) is 10.0 Å². The number of methoxy groups -OCH3 is 1. The number of nitrogens with zero attached hydrogens (tertiary/aromatic N) is 1. The number of benzene rings is 2. The van der Waals surface area contributed by atoms with Crippen molar-refractivity contribution in [2.75, 3.05) is 7.11 Å². The van der Waals surface area contributed by atoms with E-state index >= 15 is 0 Å². The number of hydrogen-bond donors (Lipinski definition) is 0. The molecule has 2 aromatic carbocycles. The minimum absolute atomic E-state index is 0.0458. The second-order valence-electron chi connectivity index (χ2n) is 5.93. The Kier molecular flexibility index (Phi) is 4.87. The van der Waals surface area contributed by atoms with Crippen LogP contribution in [0.25, 0.3) is 0 Å². The summed E-state index contributed by atoms with van der Waals surface area (Å²) in [4.78, 5) is 11.7. The lowest BCUT2D eigenvalue weighted by Gasteiger charge is -2.22. The van der Waals surface area contributed by atoms with Crippen LogP contribution in [0.4, 0.5) is 4.39 Å². The second kappa shape index (κ2) is 6.93. The van der Waals surface area contributed by atoms with Gasteiger partial charge in [-0.05, 0) is 48.7 Å². The summed E-state index contributed by atoms with van der Waals surface area (Å²) in [5, 5.41) is 0. The Morgan fingerprint density at radius 3 is 2.48 bits per heavy atom. The minimum Gasteiger partial charge on any atom is -0.465 e. The van der Waals surface area contributed by atoms with E-state index in [2.05, 4.69) is 4.74 Å². The van der Waals surface area contributed by atoms with Crippen molar-refractivity contribution in [3.8, 4) is 0 Å². The molecule has 0 aromatic heterocycles. The molecule has 2 aromatic rings. The van der Waals surface area contributed by atoms with Gasteiger partial charge < -0.3 is 4.74 Å². The zero-order chi connectivity index (χ0) is 18.0. The summed E-state index contributed by atoms with van der Waals surface area (Å²) in [6.45, 7) is 0.162. The van der Waals surface area contributed by atoms with E-state index in [1.807, 2.05) is 0 Å². The average Bonchev–Trinajstić information content (AvgIpc) is 3.45. The van der Waals surface area contributed by atoms with Crippen LogP contribution in [0, 0.1) is 5.82 Å². The highest BCUT2D eigenvalue weighted by molar-refractivity contribution is 7.89.